The van der Waals surface area contributed by atoms with Gasteiger partial charge >= 0.3 is 0 Å². The third-order valence-corrected chi connectivity index (χ3v) is 4.80. The minimum absolute atomic E-state index is 0.498. The van der Waals surface area contributed by atoms with Gasteiger partial charge in [-0.15, -0.1) is 0 Å². The van der Waals surface area contributed by atoms with Crippen LogP contribution in [-0.2, 0) is 11.3 Å². The van der Waals surface area contributed by atoms with Crippen molar-refractivity contribution < 1.29 is 4.74 Å². The first-order valence-corrected chi connectivity index (χ1v) is 7.53. The zero-order valence-corrected chi connectivity index (χ0v) is 11.9. The van der Waals surface area contributed by atoms with Crippen molar-refractivity contribution in [3.8, 4) is 0 Å². The summed E-state index contributed by atoms with van der Waals surface area (Å²) in [6, 6.07) is 0. The number of rotatable bonds is 6. The maximum absolute atomic E-state index is 5.25. The van der Waals surface area contributed by atoms with Crippen molar-refractivity contribution in [2.75, 3.05) is 26.8 Å². The lowest BCUT2D eigenvalue weighted by molar-refractivity contribution is 0.166. The Morgan fingerprint density at radius 3 is 2.89 bits per heavy atom. The van der Waals surface area contributed by atoms with Crippen LogP contribution in [0.4, 0.5) is 0 Å². The van der Waals surface area contributed by atoms with Crippen LogP contribution < -0.4 is 5.32 Å². The average Bonchev–Trinajstić information content (AvgIpc) is 3.06. The molecule has 1 aromatic rings. The number of methoxy groups -OCH3 is 1. The molecule has 0 aromatic carbocycles. The third kappa shape index (κ3) is 3.00. The van der Waals surface area contributed by atoms with Crippen LogP contribution in [0.3, 0.4) is 0 Å². The summed E-state index contributed by atoms with van der Waals surface area (Å²) in [5, 5.41) is 3.44. The summed E-state index contributed by atoms with van der Waals surface area (Å²) in [6.45, 7) is 4.31. The van der Waals surface area contributed by atoms with E-state index in [0.29, 0.717) is 11.3 Å². The molecule has 3 rings (SSSR count). The molecule has 4 heteroatoms. The lowest BCUT2D eigenvalue weighted by Crippen LogP contribution is -2.28. The lowest BCUT2D eigenvalue weighted by Gasteiger charge is -2.25. The molecule has 1 saturated carbocycles. The fraction of sp³-hybridized carbons (Fsp3) is 0.800. The Morgan fingerprint density at radius 2 is 2.21 bits per heavy atom. The highest BCUT2D eigenvalue weighted by Gasteiger charge is 2.42. The molecule has 2 heterocycles. The highest BCUT2D eigenvalue weighted by molar-refractivity contribution is 5.09. The Bertz CT molecular complexity index is 405. The molecule has 0 unspecified atom stereocenters. The van der Waals surface area contributed by atoms with Crippen molar-refractivity contribution in [3.05, 3.63) is 18.2 Å². The van der Waals surface area contributed by atoms with E-state index in [0.717, 1.165) is 26.2 Å². The Balaban J connectivity index is 1.66. The molecule has 1 N–H and O–H groups in total. The van der Waals surface area contributed by atoms with E-state index in [1.165, 1.54) is 37.8 Å². The van der Waals surface area contributed by atoms with Gasteiger partial charge in [0.25, 0.3) is 0 Å². The number of nitrogens with one attached hydrogen (secondary N) is 1. The zero-order valence-electron chi connectivity index (χ0n) is 11.9. The van der Waals surface area contributed by atoms with Crippen LogP contribution in [0.1, 0.15) is 43.7 Å². The van der Waals surface area contributed by atoms with E-state index in [1.54, 1.807) is 7.11 Å². The van der Waals surface area contributed by atoms with Crippen LogP contribution in [-0.4, -0.2) is 36.4 Å². The minimum atomic E-state index is 0.498. The standard InChI is InChI=1S/C15H25N3O/c1-19-9-6-15(4-5-15)11-18-12-17-10-14(18)13-2-7-16-8-3-13/h10,12-13,16H,2-9,11H2,1H3. The molecule has 1 saturated heterocycles. The van der Waals surface area contributed by atoms with Gasteiger partial charge in [-0.2, -0.15) is 0 Å². The Labute approximate surface area is 115 Å². The van der Waals surface area contributed by atoms with E-state index in [9.17, 15) is 0 Å². The number of hydrogen-bond acceptors (Lipinski definition) is 3. The number of ether oxygens (including phenoxy) is 1. The third-order valence-electron chi connectivity index (χ3n) is 4.80. The monoisotopic (exact) mass is 263 g/mol. The summed E-state index contributed by atoms with van der Waals surface area (Å²) < 4.78 is 7.67. The molecule has 1 aliphatic carbocycles. The predicted octanol–water partition coefficient (Wildman–Crippen LogP) is 2.17. The van der Waals surface area contributed by atoms with Gasteiger partial charge in [-0.25, -0.2) is 4.98 Å². The number of aromatic nitrogens is 2. The molecule has 2 aliphatic rings. The maximum Gasteiger partial charge on any atom is 0.0948 e. The van der Waals surface area contributed by atoms with Crippen LogP contribution in [0.25, 0.3) is 0 Å². The van der Waals surface area contributed by atoms with Crippen LogP contribution in [0.2, 0.25) is 0 Å². The fourth-order valence-electron chi connectivity index (χ4n) is 3.26. The first-order valence-electron chi connectivity index (χ1n) is 7.53. The average molecular weight is 263 g/mol. The smallest absolute Gasteiger partial charge is 0.0948 e. The normalized spacial score (nSPS) is 22.6. The molecule has 0 spiro atoms. The van der Waals surface area contributed by atoms with Gasteiger partial charge in [0.1, 0.15) is 0 Å². The van der Waals surface area contributed by atoms with Gasteiger partial charge in [-0.1, -0.05) is 0 Å². The van der Waals surface area contributed by atoms with Crippen LogP contribution in [0.5, 0.6) is 0 Å². The highest BCUT2D eigenvalue weighted by atomic mass is 16.5. The summed E-state index contributed by atoms with van der Waals surface area (Å²) in [5.74, 6) is 0.696. The molecular formula is C15H25N3O. The summed E-state index contributed by atoms with van der Waals surface area (Å²) in [7, 11) is 1.80. The second-order valence-electron chi connectivity index (χ2n) is 6.21. The molecule has 2 fully saturated rings. The molecule has 0 atom stereocenters. The Kier molecular flexibility index (Phi) is 3.89. The molecule has 0 bridgehead atoms. The lowest BCUT2D eigenvalue weighted by atomic mass is 9.94. The molecule has 1 aliphatic heterocycles. The largest absolute Gasteiger partial charge is 0.385 e. The van der Waals surface area contributed by atoms with Gasteiger partial charge in [0.2, 0.25) is 0 Å². The number of piperidine rings is 1. The molecule has 4 nitrogen and oxygen atoms in total. The second kappa shape index (κ2) is 5.63. The highest BCUT2D eigenvalue weighted by Crippen LogP contribution is 2.50. The second-order valence-corrected chi connectivity index (χ2v) is 6.21. The topological polar surface area (TPSA) is 39.1 Å². The van der Waals surface area contributed by atoms with E-state index < -0.39 is 0 Å². The van der Waals surface area contributed by atoms with Gasteiger partial charge in [0.05, 0.1) is 6.33 Å². The minimum Gasteiger partial charge on any atom is -0.385 e. The van der Waals surface area contributed by atoms with E-state index in [2.05, 4.69) is 21.1 Å². The quantitative estimate of drug-likeness (QED) is 0.855. The first-order chi connectivity index (χ1) is 9.33. The summed E-state index contributed by atoms with van der Waals surface area (Å²) in [6.07, 6.45) is 10.5. The molecule has 19 heavy (non-hydrogen) atoms. The summed E-state index contributed by atoms with van der Waals surface area (Å²) in [4.78, 5) is 4.40. The van der Waals surface area contributed by atoms with E-state index >= 15 is 0 Å². The van der Waals surface area contributed by atoms with E-state index in [4.69, 9.17) is 4.74 Å². The maximum atomic E-state index is 5.25. The van der Waals surface area contributed by atoms with Gasteiger partial charge in [0.15, 0.2) is 0 Å². The number of hydrogen-bond donors (Lipinski definition) is 1. The summed E-state index contributed by atoms with van der Waals surface area (Å²) >= 11 is 0. The van der Waals surface area contributed by atoms with Gasteiger partial charge < -0.3 is 14.6 Å². The van der Waals surface area contributed by atoms with Crippen LogP contribution in [0.15, 0.2) is 12.5 Å². The molecule has 1 aromatic heterocycles. The molecule has 0 radical (unpaired) electrons. The van der Waals surface area contributed by atoms with Crippen molar-refractivity contribution in [2.24, 2.45) is 5.41 Å². The summed E-state index contributed by atoms with van der Waals surface area (Å²) in [5.41, 5.74) is 1.95. The van der Waals surface area contributed by atoms with Gasteiger partial charge in [0, 0.05) is 38.1 Å². The zero-order chi connectivity index (χ0) is 13.1. The SMILES string of the molecule is COCCC1(Cn2cncc2C2CCNCC2)CC1. The van der Waals surface area contributed by atoms with Crippen LogP contribution in [0, 0.1) is 5.41 Å². The first kappa shape index (κ1) is 13.1. The molecule has 0 amide bonds. The van der Waals surface area contributed by atoms with E-state index in [1.807, 2.05) is 6.33 Å². The molecule has 106 valence electrons. The van der Waals surface area contributed by atoms with Crippen molar-refractivity contribution in [2.45, 2.75) is 44.6 Å². The Hall–Kier alpha value is -0.870. The van der Waals surface area contributed by atoms with Crippen molar-refractivity contribution in [1.29, 1.82) is 0 Å². The molecular weight excluding hydrogens is 238 g/mol. The van der Waals surface area contributed by atoms with Crippen molar-refractivity contribution >= 4 is 0 Å². The van der Waals surface area contributed by atoms with Crippen molar-refractivity contribution in [1.82, 2.24) is 14.9 Å². The fourth-order valence-corrected chi connectivity index (χ4v) is 3.26. The van der Waals surface area contributed by atoms with Gasteiger partial charge in [-0.3, -0.25) is 0 Å². The predicted molar refractivity (Wildman–Crippen MR) is 75.2 cm³/mol. The Morgan fingerprint density at radius 1 is 1.42 bits per heavy atom. The van der Waals surface area contributed by atoms with Crippen molar-refractivity contribution in [3.63, 3.8) is 0 Å². The number of imidazole rings is 1. The number of nitrogens with zero attached hydrogens (tertiary/aromatic N) is 2. The van der Waals surface area contributed by atoms with Crippen LogP contribution >= 0.6 is 0 Å². The van der Waals surface area contributed by atoms with Gasteiger partial charge in [-0.05, 0) is 50.6 Å². The van der Waals surface area contributed by atoms with E-state index in [-0.39, 0.29) is 0 Å².